The Hall–Kier alpha value is -4.40. The van der Waals surface area contributed by atoms with Crippen LogP contribution in [0.15, 0.2) is 76.4 Å². The molecule has 9 nitrogen and oxygen atoms in total. The average Bonchev–Trinajstić information content (AvgIpc) is 3.38. The number of anilines is 2. The number of amides is 1. The molecule has 1 atom stereocenters. The van der Waals surface area contributed by atoms with Crippen LogP contribution in [0, 0.1) is 0 Å². The number of carbonyl (C=O) groups excluding carboxylic acids is 1. The highest BCUT2D eigenvalue weighted by Crippen LogP contribution is 2.37. The summed E-state index contributed by atoms with van der Waals surface area (Å²) < 4.78 is 11.5. The van der Waals surface area contributed by atoms with Crippen molar-refractivity contribution in [3.63, 3.8) is 0 Å². The molecule has 0 spiro atoms. The molecule has 0 saturated heterocycles. The third-order valence-electron chi connectivity index (χ3n) is 5.99. The first-order chi connectivity index (χ1) is 16.6. The van der Waals surface area contributed by atoms with Crippen molar-refractivity contribution in [3.05, 3.63) is 99.8 Å². The first-order valence-electron chi connectivity index (χ1n) is 10.8. The minimum absolute atomic E-state index is 0.104. The standard InChI is InChI=1S/C25H23N5O4/c1-29-24(32)22(33-2)20(23(31)27-18-14-26-34-15-18)28-25(29)30-13-12-16-8-6-7-11-19(16)21(30)17-9-4-3-5-10-17/h3-11,14-15,21H,12-13H2,1-2H3,(H,27,31). The van der Waals surface area contributed by atoms with E-state index in [1.807, 2.05) is 30.3 Å². The Morgan fingerprint density at radius 2 is 1.91 bits per heavy atom. The summed E-state index contributed by atoms with van der Waals surface area (Å²) in [5.74, 6) is -0.342. The molecule has 9 heteroatoms. The van der Waals surface area contributed by atoms with E-state index in [1.54, 1.807) is 7.05 Å². The minimum atomic E-state index is -0.590. The van der Waals surface area contributed by atoms with Crippen molar-refractivity contribution in [2.45, 2.75) is 12.5 Å². The fourth-order valence-corrected chi connectivity index (χ4v) is 4.40. The topological polar surface area (TPSA) is 102 Å². The molecule has 2 aromatic heterocycles. The van der Waals surface area contributed by atoms with Crippen molar-refractivity contribution >= 4 is 17.5 Å². The number of methoxy groups -OCH3 is 1. The molecule has 1 aliphatic rings. The maximum atomic E-state index is 13.2. The molecule has 1 unspecified atom stereocenters. The molecule has 1 amide bonds. The number of benzene rings is 2. The smallest absolute Gasteiger partial charge is 0.297 e. The normalized spacial score (nSPS) is 15.0. The summed E-state index contributed by atoms with van der Waals surface area (Å²) in [5, 5.41) is 6.23. The largest absolute Gasteiger partial charge is 0.489 e. The molecule has 5 rings (SSSR count). The van der Waals surface area contributed by atoms with E-state index in [9.17, 15) is 9.59 Å². The maximum absolute atomic E-state index is 13.2. The molecule has 0 aliphatic carbocycles. The summed E-state index contributed by atoms with van der Waals surface area (Å²) in [4.78, 5) is 33.0. The third kappa shape index (κ3) is 3.71. The Morgan fingerprint density at radius 1 is 1.15 bits per heavy atom. The summed E-state index contributed by atoms with van der Waals surface area (Å²) in [7, 11) is 2.98. The number of ether oxygens (including phenoxy) is 1. The van der Waals surface area contributed by atoms with Crippen LogP contribution < -0.4 is 20.5 Å². The summed E-state index contributed by atoms with van der Waals surface area (Å²) >= 11 is 0. The van der Waals surface area contributed by atoms with Crippen LogP contribution >= 0.6 is 0 Å². The van der Waals surface area contributed by atoms with Crippen molar-refractivity contribution in [2.75, 3.05) is 23.9 Å². The number of nitrogens with one attached hydrogen (secondary N) is 1. The fourth-order valence-electron chi connectivity index (χ4n) is 4.40. The highest BCUT2D eigenvalue weighted by atomic mass is 16.5. The summed E-state index contributed by atoms with van der Waals surface area (Å²) in [6.45, 7) is 0.621. The fraction of sp³-hybridized carbons (Fsp3) is 0.200. The molecular weight excluding hydrogens is 434 g/mol. The zero-order valence-corrected chi connectivity index (χ0v) is 18.8. The molecule has 0 radical (unpaired) electrons. The highest BCUT2D eigenvalue weighted by Gasteiger charge is 2.33. The first kappa shape index (κ1) is 21.4. The van der Waals surface area contributed by atoms with Gasteiger partial charge in [0, 0.05) is 13.6 Å². The number of fused-ring (bicyclic) bond motifs is 1. The van der Waals surface area contributed by atoms with Crippen LogP contribution in [0.25, 0.3) is 0 Å². The van der Waals surface area contributed by atoms with Gasteiger partial charge in [0.05, 0.1) is 19.3 Å². The predicted molar refractivity (Wildman–Crippen MR) is 126 cm³/mol. The lowest BCUT2D eigenvalue weighted by Gasteiger charge is -2.39. The molecule has 0 fully saturated rings. The van der Waals surface area contributed by atoms with Crippen molar-refractivity contribution in [2.24, 2.45) is 7.05 Å². The molecule has 34 heavy (non-hydrogen) atoms. The lowest BCUT2D eigenvalue weighted by Crippen LogP contribution is -2.41. The van der Waals surface area contributed by atoms with E-state index in [1.165, 1.54) is 29.7 Å². The van der Waals surface area contributed by atoms with Gasteiger partial charge in [0.15, 0.2) is 5.69 Å². The van der Waals surface area contributed by atoms with Crippen molar-refractivity contribution in [3.8, 4) is 5.75 Å². The van der Waals surface area contributed by atoms with Gasteiger partial charge in [0.2, 0.25) is 11.7 Å². The van der Waals surface area contributed by atoms with Gasteiger partial charge in [-0.2, -0.15) is 0 Å². The molecule has 172 valence electrons. The highest BCUT2D eigenvalue weighted by molar-refractivity contribution is 6.04. The average molecular weight is 457 g/mol. The van der Waals surface area contributed by atoms with E-state index in [0.29, 0.717) is 18.2 Å². The molecule has 0 bridgehead atoms. The number of carbonyl (C=O) groups is 1. The Kier molecular flexibility index (Phi) is 5.59. The zero-order chi connectivity index (χ0) is 23.7. The van der Waals surface area contributed by atoms with Crippen LogP contribution in [0.3, 0.4) is 0 Å². The Bertz CT molecular complexity index is 1380. The minimum Gasteiger partial charge on any atom is -0.489 e. The van der Waals surface area contributed by atoms with Gasteiger partial charge in [-0.25, -0.2) is 4.98 Å². The van der Waals surface area contributed by atoms with E-state index in [0.717, 1.165) is 17.5 Å². The van der Waals surface area contributed by atoms with Crippen molar-refractivity contribution in [1.82, 2.24) is 14.7 Å². The predicted octanol–water partition coefficient (Wildman–Crippen LogP) is 3.18. The second kappa shape index (κ2) is 8.86. The Morgan fingerprint density at radius 3 is 2.65 bits per heavy atom. The third-order valence-corrected chi connectivity index (χ3v) is 5.99. The van der Waals surface area contributed by atoms with Gasteiger partial charge in [-0.05, 0) is 23.1 Å². The van der Waals surface area contributed by atoms with Gasteiger partial charge >= 0.3 is 0 Å². The van der Waals surface area contributed by atoms with Crippen LogP contribution in [-0.2, 0) is 13.5 Å². The summed E-state index contributed by atoms with van der Waals surface area (Å²) in [5.41, 5.74) is 3.25. The van der Waals surface area contributed by atoms with E-state index < -0.39 is 11.5 Å². The molecule has 0 saturated carbocycles. The Labute approximate surface area is 195 Å². The number of hydrogen-bond donors (Lipinski definition) is 1. The first-order valence-corrected chi connectivity index (χ1v) is 10.8. The van der Waals surface area contributed by atoms with Crippen LogP contribution in [0.4, 0.5) is 11.6 Å². The maximum Gasteiger partial charge on any atom is 0.297 e. The zero-order valence-electron chi connectivity index (χ0n) is 18.8. The lowest BCUT2D eigenvalue weighted by atomic mass is 9.88. The van der Waals surface area contributed by atoms with Crippen molar-refractivity contribution < 1.29 is 14.1 Å². The Balaban J connectivity index is 1.65. The number of nitrogens with zero attached hydrogens (tertiary/aromatic N) is 4. The molecule has 1 aliphatic heterocycles. The quantitative estimate of drug-likeness (QED) is 0.491. The number of hydrogen-bond acceptors (Lipinski definition) is 7. The van der Waals surface area contributed by atoms with Crippen LogP contribution in [0.1, 0.15) is 33.2 Å². The van der Waals surface area contributed by atoms with Gasteiger partial charge in [0.1, 0.15) is 12.0 Å². The molecule has 4 aromatic rings. The molecule has 2 aromatic carbocycles. The van der Waals surface area contributed by atoms with Gasteiger partial charge in [-0.15, -0.1) is 0 Å². The summed E-state index contributed by atoms with van der Waals surface area (Å²) in [6, 6.07) is 18.2. The lowest BCUT2D eigenvalue weighted by molar-refractivity contribution is 0.101. The van der Waals surface area contributed by atoms with Crippen LogP contribution in [0.5, 0.6) is 5.75 Å². The second-order valence-corrected chi connectivity index (χ2v) is 7.98. The number of rotatable bonds is 5. The molecular formula is C25H23N5O4. The van der Waals surface area contributed by atoms with Gasteiger partial charge < -0.3 is 19.5 Å². The van der Waals surface area contributed by atoms with E-state index in [-0.39, 0.29) is 17.5 Å². The SMILES string of the molecule is COc1c(C(=O)Nc2cnoc2)nc(N2CCc3ccccc3C2c2ccccc2)n(C)c1=O. The summed E-state index contributed by atoms with van der Waals surface area (Å²) in [6.07, 6.45) is 3.43. The number of aromatic nitrogens is 3. The monoisotopic (exact) mass is 457 g/mol. The van der Waals surface area contributed by atoms with Gasteiger partial charge in [-0.1, -0.05) is 59.8 Å². The molecule has 1 N–H and O–H groups in total. The van der Waals surface area contributed by atoms with Gasteiger partial charge in [-0.3, -0.25) is 14.2 Å². The van der Waals surface area contributed by atoms with E-state index in [2.05, 4.69) is 44.6 Å². The van der Waals surface area contributed by atoms with Crippen LogP contribution in [-0.4, -0.2) is 34.3 Å². The van der Waals surface area contributed by atoms with E-state index >= 15 is 0 Å². The second-order valence-electron chi connectivity index (χ2n) is 7.98. The van der Waals surface area contributed by atoms with E-state index in [4.69, 9.17) is 9.26 Å². The molecule has 3 heterocycles. The van der Waals surface area contributed by atoms with Crippen molar-refractivity contribution in [1.29, 1.82) is 0 Å². The van der Waals surface area contributed by atoms with Gasteiger partial charge in [0.25, 0.3) is 11.5 Å². The van der Waals surface area contributed by atoms with Crippen LogP contribution in [0.2, 0.25) is 0 Å².